The molecule has 23 heavy (non-hydrogen) atoms. The molecule has 126 valence electrons. The van der Waals surface area contributed by atoms with E-state index in [2.05, 4.69) is 5.32 Å². The predicted octanol–water partition coefficient (Wildman–Crippen LogP) is 2.08. The summed E-state index contributed by atoms with van der Waals surface area (Å²) in [6, 6.07) is 7.01. The summed E-state index contributed by atoms with van der Waals surface area (Å²) < 4.78 is 19.2. The second kappa shape index (κ2) is 6.97. The van der Waals surface area contributed by atoms with E-state index in [0.29, 0.717) is 32.1 Å². The minimum Gasteiger partial charge on any atom is -0.381 e. The standard InChI is InChI=1S/C18H25FN2O2/c1-20-16-5-9-21(10-6-16)17(22)18(7-11-23-12-8-18)14-3-2-4-15(19)13-14/h2-4,13,16,20H,5-12H2,1H3. The van der Waals surface area contributed by atoms with Gasteiger partial charge in [-0.15, -0.1) is 0 Å². The third kappa shape index (κ3) is 3.26. The Kier molecular flexibility index (Phi) is 4.97. The number of piperidine rings is 1. The average Bonchev–Trinajstić information content (AvgIpc) is 2.62. The van der Waals surface area contributed by atoms with Crippen LogP contribution in [0, 0.1) is 5.82 Å². The molecule has 1 N–H and O–H groups in total. The van der Waals surface area contributed by atoms with Crippen molar-refractivity contribution in [3.05, 3.63) is 35.6 Å². The lowest BCUT2D eigenvalue weighted by Gasteiger charge is -2.42. The van der Waals surface area contributed by atoms with Gasteiger partial charge in [0.05, 0.1) is 5.41 Å². The van der Waals surface area contributed by atoms with Gasteiger partial charge in [-0.3, -0.25) is 4.79 Å². The number of nitrogens with one attached hydrogen (secondary N) is 1. The van der Waals surface area contributed by atoms with Crippen molar-refractivity contribution in [2.24, 2.45) is 0 Å². The Morgan fingerprint density at radius 2 is 2.00 bits per heavy atom. The molecule has 0 bridgehead atoms. The molecule has 0 aliphatic carbocycles. The van der Waals surface area contributed by atoms with Crippen molar-refractivity contribution in [1.29, 1.82) is 0 Å². The van der Waals surface area contributed by atoms with Crippen LogP contribution < -0.4 is 5.32 Å². The number of likely N-dealkylation sites (tertiary alicyclic amines) is 1. The Bertz CT molecular complexity index is 550. The summed E-state index contributed by atoms with van der Waals surface area (Å²) in [6.07, 6.45) is 3.19. The van der Waals surface area contributed by atoms with Gasteiger partial charge >= 0.3 is 0 Å². The van der Waals surface area contributed by atoms with E-state index < -0.39 is 5.41 Å². The first-order valence-corrected chi connectivity index (χ1v) is 8.46. The van der Waals surface area contributed by atoms with E-state index in [4.69, 9.17) is 4.74 Å². The summed E-state index contributed by atoms with van der Waals surface area (Å²) in [5, 5.41) is 3.28. The van der Waals surface area contributed by atoms with Gasteiger partial charge in [0.2, 0.25) is 5.91 Å². The van der Waals surface area contributed by atoms with Gasteiger partial charge in [-0.25, -0.2) is 4.39 Å². The molecular weight excluding hydrogens is 295 g/mol. The van der Waals surface area contributed by atoms with Gasteiger partial charge in [-0.1, -0.05) is 12.1 Å². The zero-order valence-electron chi connectivity index (χ0n) is 13.7. The van der Waals surface area contributed by atoms with E-state index >= 15 is 0 Å². The van der Waals surface area contributed by atoms with E-state index in [1.54, 1.807) is 6.07 Å². The van der Waals surface area contributed by atoms with Crippen molar-refractivity contribution in [3.8, 4) is 0 Å². The van der Waals surface area contributed by atoms with Crippen molar-refractivity contribution in [3.63, 3.8) is 0 Å². The van der Waals surface area contributed by atoms with E-state index in [1.807, 2.05) is 18.0 Å². The van der Waals surface area contributed by atoms with Crippen LogP contribution in [0.15, 0.2) is 24.3 Å². The van der Waals surface area contributed by atoms with Gasteiger partial charge in [-0.05, 0) is 50.4 Å². The maximum Gasteiger partial charge on any atom is 0.233 e. The van der Waals surface area contributed by atoms with E-state index in [0.717, 1.165) is 31.5 Å². The van der Waals surface area contributed by atoms with Crippen molar-refractivity contribution in [2.75, 3.05) is 33.4 Å². The summed E-state index contributed by atoms with van der Waals surface area (Å²) in [5.41, 5.74) is 0.161. The van der Waals surface area contributed by atoms with Gasteiger partial charge in [0.15, 0.2) is 0 Å². The summed E-state index contributed by atoms with van der Waals surface area (Å²) in [6.45, 7) is 2.63. The highest BCUT2D eigenvalue weighted by atomic mass is 19.1. The van der Waals surface area contributed by atoms with Crippen LogP contribution in [0.5, 0.6) is 0 Å². The van der Waals surface area contributed by atoms with Crippen molar-refractivity contribution in [2.45, 2.75) is 37.1 Å². The largest absolute Gasteiger partial charge is 0.381 e. The maximum atomic E-state index is 13.7. The molecule has 1 aromatic carbocycles. The molecule has 4 nitrogen and oxygen atoms in total. The Labute approximate surface area is 137 Å². The molecule has 0 atom stereocenters. The first-order valence-electron chi connectivity index (χ1n) is 8.46. The molecule has 0 unspecified atom stereocenters. The molecule has 1 aromatic rings. The van der Waals surface area contributed by atoms with Gasteiger partial charge in [0, 0.05) is 32.3 Å². The van der Waals surface area contributed by atoms with Crippen LogP contribution in [0.3, 0.4) is 0 Å². The number of benzene rings is 1. The van der Waals surface area contributed by atoms with Crippen molar-refractivity contribution in [1.82, 2.24) is 10.2 Å². The van der Waals surface area contributed by atoms with Crippen LogP contribution in [0.1, 0.15) is 31.2 Å². The molecule has 3 rings (SSSR count). The number of carbonyl (C=O) groups is 1. The maximum absolute atomic E-state index is 13.7. The molecule has 1 amide bonds. The first kappa shape index (κ1) is 16.4. The predicted molar refractivity (Wildman–Crippen MR) is 86.8 cm³/mol. The number of nitrogens with zero attached hydrogens (tertiary/aromatic N) is 1. The summed E-state index contributed by atoms with van der Waals surface area (Å²) >= 11 is 0. The molecule has 0 radical (unpaired) electrons. The monoisotopic (exact) mass is 320 g/mol. The molecule has 5 heteroatoms. The fourth-order valence-corrected chi connectivity index (χ4v) is 3.81. The average molecular weight is 320 g/mol. The normalized spacial score (nSPS) is 22.1. The van der Waals surface area contributed by atoms with Crippen LogP contribution in [-0.4, -0.2) is 50.2 Å². The van der Waals surface area contributed by atoms with Gasteiger partial charge in [0.25, 0.3) is 0 Å². The van der Waals surface area contributed by atoms with E-state index in [-0.39, 0.29) is 11.7 Å². The first-order chi connectivity index (χ1) is 11.2. The van der Waals surface area contributed by atoms with Crippen LogP contribution in [0.25, 0.3) is 0 Å². The molecule has 0 saturated carbocycles. The number of rotatable bonds is 3. The quantitative estimate of drug-likeness (QED) is 0.927. The lowest BCUT2D eigenvalue weighted by atomic mass is 9.72. The smallest absolute Gasteiger partial charge is 0.233 e. The minimum absolute atomic E-state index is 0.140. The highest BCUT2D eigenvalue weighted by Gasteiger charge is 2.44. The van der Waals surface area contributed by atoms with Crippen molar-refractivity contribution >= 4 is 5.91 Å². The number of amides is 1. The molecule has 2 fully saturated rings. The molecular formula is C18H25FN2O2. The van der Waals surface area contributed by atoms with Gasteiger partial charge in [-0.2, -0.15) is 0 Å². The van der Waals surface area contributed by atoms with Gasteiger partial charge < -0.3 is 15.0 Å². The molecule has 2 saturated heterocycles. The van der Waals surface area contributed by atoms with E-state index in [1.165, 1.54) is 12.1 Å². The molecule has 2 heterocycles. The molecule has 2 aliphatic rings. The van der Waals surface area contributed by atoms with Crippen LogP contribution >= 0.6 is 0 Å². The Morgan fingerprint density at radius 3 is 2.61 bits per heavy atom. The fraction of sp³-hybridized carbons (Fsp3) is 0.611. The third-order valence-electron chi connectivity index (χ3n) is 5.32. The SMILES string of the molecule is CNC1CCN(C(=O)C2(c3cccc(F)c3)CCOCC2)CC1. The van der Waals surface area contributed by atoms with Gasteiger partial charge in [0.1, 0.15) is 5.82 Å². The zero-order valence-corrected chi connectivity index (χ0v) is 13.7. The van der Waals surface area contributed by atoms with Crippen LogP contribution in [-0.2, 0) is 14.9 Å². The number of ether oxygens (including phenoxy) is 1. The summed E-state index contributed by atoms with van der Waals surface area (Å²) in [4.78, 5) is 15.3. The Morgan fingerprint density at radius 1 is 1.30 bits per heavy atom. The zero-order chi connectivity index (χ0) is 16.3. The summed E-state index contributed by atoms with van der Waals surface area (Å²) in [5.74, 6) is -0.143. The van der Waals surface area contributed by atoms with Crippen LogP contribution in [0.2, 0.25) is 0 Å². The summed E-state index contributed by atoms with van der Waals surface area (Å²) in [7, 11) is 1.97. The molecule has 0 aromatic heterocycles. The number of hydrogen-bond donors (Lipinski definition) is 1. The number of carbonyl (C=O) groups excluding carboxylic acids is 1. The molecule has 0 spiro atoms. The van der Waals surface area contributed by atoms with Crippen LogP contribution in [0.4, 0.5) is 4.39 Å². The minimum atomic E-state index is -0.632. The van der Waals surface area contributed by atoms with Crippen molar-refractivity contribution < 1.29 is 13.9 Å². The second-order valence-corrected chi connectivity index (χ2v) is 6.56. The number of hydrogen-bond acceptors (Lipinski definition) is 3. The lowest BCUT2D eigenvalue weighted by molar-refractivity contribution is -0.142. The number of halogens is 1. The van der Waals surface area contributed by atoms with E-state index in [9.17, 15) is 9.18 Å². The fourth-order valence-electron chi connectivity index (χ4n) is 3.81. The second-order valence-electron chi connectivity index (χ2n) is 6.56. The third-order valence-corrected chi connectivity index (χ3v) is 5.32. The Hall–Kier alpha value is -1.46. The highest BCUT2D eigenvalue weighted by Crippen LogP contribution is 2.37. The Balaban J connectivity index is 1.85. The molecule has 2 aliphatic heterocycles. The highest BCUT2D eigenvalue weighted by molar-refractivity contribution is 5.88. The topological polar surface area (TPSA) is 41.6 Å². The lowest BCUT2D eigenvalue weighted by Crippen LogP contribution is -2.53.